The third kappa shape index (κ3) is 3.02. The van der Waals surface area contributed by atoms with Gasteiger partial charge in [-0.15, -0.1) is 0 Å². The van der Waals surface area contributed by atoms with Crippen molar-refractivity contribution in [2.75, 3.05) is 7.11 Å². The van der Waals surface area contributed by atoms with E-state index in [1.165, 1.54) is 4.68 Å². The number of hydrogen-bond donors (Lipinski definition) is 0. The first-order valence-electron chi connectivity index (χ1n) is 9.28. The van der Waals surface area contributed by atoms with Crippen molar-refractivity contribution in [3.8, 4) is 17.3 Å². The minimum absolute atomic E-state index is 0.284. The smallest absolute Gasteiger partial charge is 0.282 e. The first kappa shape index (κ1) is 17.8. The molecule has 0 radical (unpaired) electrons. The first-order chi connectivity index (χ1) is 14.7. The molecule has 30 heavy (non-hydrogen) atoms. The van der Waals surface area contributed by atoms with Crippen molar-refractivity contribution in [1.82, 2.24) is 14.6 Å². The standard InChI is InChI=1S/C23H16N4O3/c1-29-19-7-4-8-20-17(19)13-21(30-20)22-26-18-6-3-2-5-16(18)23(28)27(22)25-14-15-9-11-24-12-10-15/h2-14H,1H3. The van der Waals surface area contributed by atoms with Crippen molar-refractivity contribution in [3.05, 3.63) is 89.0 Å². The van der Waals surface area contributed by atoms with Crippen LogP contribution < -0.4 is 10.3 Å². The maximum atomic E-state index is 13.2. The third-order valence-electron chi connectivity index (χ3n) is 4.74. The second-order valence-electron chi connectivity index (χ2n) is 6.58. The Balaban J connectivity index is 1.76. The summed E-state index contributed by atoms with van der Waals surface area (Å²) >= 11 is 0. The maximum Gasteiger partial charge on any atom is 0.282 e. The van der Waals surface area contributed by atoms with Gasteiger partial charge in [0.05, 0.1) is 29.6 Å². The third-order valence-corrected chi connectivity index (χ3v) is 4.74. The number of hydrogen-bond acceptors (Lipinski definition) is 6. The van der Waals surface area contributed by atoms with Crippen LogP contribution in [0.5, 0.6) is 5.75 Å². The van der Waals surface area contributed by atoms with Crippen molar-refractivity contribution in [3.63, 3.8) is 0 Å². The van der Waals surface area contributed by atoms with Crippen molar-refractivity contribution < 1.29 is 9.15 Å². The van der Waals surface area contributed by atoms with Crippen LogP contribution in [0.1, 0.15) is 5.56 Å². The van der Waals surface area contributed by atoms with E-state index in [1.54, 1.807) is 56.0 Å². The van der Waals surface area contributed by atoms with Gasteiger partial charge in [-0.2, -0.15) is 9.78 Å². The predicted molar refractivity (Wildman–Crippen MR) is 115 cm³/mol. The Morgan fingerprint density at radius 1 is 1.03 bits per heavy atom. The molecule has 0 fully saturated rings. The van der Waals surface area contributed by atoms with Crippen LogP contribution in [-0.2, 0) is 0 Å². The Morgan fingerprint density at radius 3 is 2.70 bits per heavy atom. The second kappa shape index (κ2) is 7.29. The van der Waals surface area contributed by atoms with E-state index in [1.807, 2.05) is 30.3 Å². The summed E-state index contributed by atoms with van der Waals surface area (Å²) in [6, 6.07) is 18.1. The molecular formula is C23H16N4O3. The highest BCUT2D eigenvalue weighted by Gasteiger charge is 2.17. The molecule has 2 aromatic carbocycles. The lowest BCUT2D eigenvalue weighted by molar-refractivity contribution is 0.419. The van der Waals surface area contributed by atoms with Crippen LogP contribution in [0.2, 0.25) is 0 Å². The van der Waals surface area contributed by atoms with Crippen molar-refractivity contribution in [1.29, 1.82) is 0 Å². The zero-order valence-corrected chi connectivity index (χ0v) is 16.0. The summed E-state index contributed by atoms with van der Waals surface area (Å²) in [5.41, 5.74) is 1.73. The molecule has 3 heterocycles. The minimum atomic E-state index is -0.284. The van der Waals surface area contributed by atoms with E-state index in [4.69, 9.17) is 9.15 Å². The van der Waals surface area contributed by atoms with Gasteiger partial charge < -0.3 is 9.15 Å². The van der Waals surface area contributed by atoms with E-state index < -0.39 is 0 Å². The zero-order valence-electron chi connectivity index (χ0n) is 16.0. The second-order valence-corrected chi connectivity index (χ2v) is 6.58. The zero-order chi connectivity index (χ0) is 20.5. The Bertz CT molecular complexity index is 1450. The van der Waals surface area contributed by atoms with Crippen LogP contribution in [0.3, 0.4) is 0 Å². The van der Waals surface area contributed by atoms with E-state index in [2.05, 4.69) is 15.1 Å². The van der Waals surface area contributed by atoms with Gasteiger partial charge in [-0.1, -0.05) is 18.2 Å². The lowest BCUT2D eigenvalue weighted by Crippen LogP contribution is -2.20. The summed E-state index contributed by atoms with van der Waals surface area (Å²) < 4.78 is 12.7. The molecule has 0 aliphatic rings. The maximum absolute atomic E-state index is 13.2. The van der Waals surface area contributed by atoms with E-state index in [0.29, 0.717) is 33.8 Å². The minimum Gasteiger partial charge on any atom is -0.496 e. The molecule has 0 aliphatic carbocycles. The highest BCUT2D eigenvalue weighted by molar-refractivity contribution is 5.88. The van der Waals surface area contributed by atoms with Crippen LogP contribution in [-0.4, -0.2) is 28.0 Å². The average Bonchev–Trinajstić information content (AvgIpc) is 3.23. The number of benzene rings is 2. The fourth-order valence-corrected chi connectivity index (χ4v) is 3.29. The molecule has 0 spiro atoms. The molecule has 7 nitrogen and oxygen atoms in total. The highest BCUT2D eigenvalue weighted by Crippen LogP contribution is 2.32. The van der Waals surface area contributed by atoms with Gasteiger partial charge >= 0.3 is 0 Å². The van der Waals surface area contributed by atoms with Crippen molar-refractivity contribution in [2.45, 2.75) is 0 Å². The largest absolute Gasteiger partial charge is 0.496 e. The van der Waals surface area contributed by atoms with Gasteiger partial charge in [-0.3, -0.25) is 9.78 Å². The van der Waals surface area contributed by atoms with Crippen LogP contribution in [0.25, 0.3) is 33.5 Å². The molecule has 0 unspecified atom stereocenters. The average molecular weight is 396 g/mol. The summed E-state index contributed by atoms with van der Waals surface area (Å²) in [7, 11) is 1.60. The number of fused-ring (bicyclic) bond motifs is 2. The number of pyridine rings is 1. The van der Waals surface area contributed by atoms with Crippen LogP contribution in [0, 0.1) is 0 Å². The summed E-state index contributed by atoms with van der Waals surface area (Å²) in [4.78, 5) is 21.9. The first-order valence-corrected chi connectivity index (χ1v) is 9.28. The van der Waals surface area contributed by atoms with E-state index in [9.17, 15) is 4.79 Å². The van der Waals surface area contributed by atoms with E-state index >= 15 is 0 Å². The summed E-state index contributed by atoms with van der Waals surface area (Å²) in [6.07, 6.45) is 4.91. The quantitative estimate of drug-likeness (QED) is 0.427. The Labute approximate surface area is 170 Å². The number of methoxy groups -OCH3 is 1. The van der Waals surface area contributed by atoms with Gasteiger partial charge in [0.1, 0.15) is 11.3 Å². The molecule has 0 bridgehead atoms. The van der Waals surface area contributed by atoms with Crippen LogP contribution in [0.4, 0.5) is 0 Å². The SMILES string of the molecule is COc1cccc2oc(-c3nc4ccccc4c(=O)n3N=Cc3ccncc3)cc12. The van der Waals surface area contributed by atoms with Crippen molar-refractivity contribution >= 4 is 28.1 Å². The number of aromatic nitrogens is 3. The molecule has 0 saturated carbocycles. The Hall–Kier alpha value is -4.26. The fourth-order valence-electron chi connectivity index (χ4n) is 3.29. The Morgan fingerprint density at radius 2 is 1.87 bits per heavy atom. The molecule has 146 valence electrons. The van der Waals surface area contributed by atoms with Gasteiger partial charge in [-0.05, 0) is 48.0 Å². The molecule has 0 N–H and O–H groups in total. The van der Waals surface area contributed by atoms with E-state index in [0.717, 1.165) is 10.9 Å². The van der Waals surface area contributed by atoms with Gasteiger partial charge in [0.25, 0.3) is 5.56 Å². The van der Waals surface area contributed by atoms with Crippen LogP contribution in [0.15, 0.2) is 87.4 Å². The number of ether oxygens (including phenoxy) is 1. The van der Waals surface area contributed by atoms with Gasteiger partial charge in [0, 0.05) is 12.4 Å². The number of furan rings is 1. The van der Waals surface area contributed by atoms with Gasteiger partial charge in [0.2, 0.25) is 5.82 Å². The molecule has 5 rings (SSSR count). The highest BCUT2D eigenvalue weighted by atomic mass is 16.5. The topological polar surface area (TPSA) is 82.5 Å². The lowest BCUT2D eigenvalue weighted by atomic mass is 10.2. The molecule has 3 aromatic heterocycles. The molecule has 0 amide bonds. The van der Waals surface area contributed by atoms with Gasteiger partial charge in [-0.25, -0.2) is 4.98 Å². The summed E-state index contributed by atoms with van der Waals surface area (Å²) in [5.74, 6) is 1.41. The van der Waals surface area contributed by atoms with E-state index in [-0.39, 0.29) is 5.56 Å². The summed E-state index contributed by atoms with van der Waals surface area (Å²) in [5, 5.41) is 5.68. The monoisotopic (exact) mass is 396 g/mol. The van der Waals surface area contributed by atoms with Gasteiger partial charge in [0.15, 0.2) is 5.76 Å². The molecule has 0 saturated heterocycles. The molecule has 0 atom stereocenters. The normalized spacial score (nSPS) is 11.5. The fraction of sp³-hybridized carbons (Fsp3) is 0.0435. The molecular weight excluding hydrogens is 380 g/mol. The van der Waals surface area contributed by atoms with Crippen LogP contribution >= 0.6 is 0 Å². The number of rotatable bonds is 4. The number of para-hydroxylation sites is 1. The molecule has 5 aromatic rings. The Kier molecular flexibility index (Phi) is 4.33. The predicted octanol–water partition coefficient (Wildman–Crippen LogP) is 4.10. The molecule has 0 aliphatic heterocycles. The summed E-state index contributed by atoms with van der Waals surface area (Å²) in [6.45, 7) is 0. The lowest BCUT2D eigenvalue weighted by Gasteiger charge is -2.07. The number of nitrogens with zero attached hydrogens (tertiary/aromatic N) is 4. The molecule has 7 heteroatoms. The van der Waals surface area contributed by atoms with Crippen molar-refractivity contribution in [2.24, 2.45) is 5.10 Å².